The van der Waals surface area contributed by atoms with E-state index in [4.69, 9.17) is 15.2 Å². The van der Waals surface area contributed by atoms with Crippen molar-refractivity contribution < 1.29 is 34.3 Å². The van der Waals surface area contributed by atoms with E-state index in [-0.39, 0.29) is 13.2 Å². The summed E-state index contributed by atoms with van der Waals surface area (Å²) < 4.78 is 14.6. The standard InChI is InChI=1S/C9H17NO7/c1-15-9-8(14)7(13)6(12)4(17-9)3-16-5(11)2-10/h4,6-9,12-14H,2-3,10H2,1H3/t4-,6-,7+,8-,9+/m1/s1. The first-order valence-corrected chi connectivity index (χ1v) is 5.09. The first-order valence-electron chi connectivity index (χ1n) is 5.09. The monoisotopic (exact) mass is 251 g/mol. The summed E-state index contributed by atoms with van der Waals surface area (Å²) in [5.41, 5.74) is 5.03. The van der Waals surface area contributed by atoms with Crippen molar-refractivity contribution in [2.45, 2.75) is 30.7 Å². The molecule has 8 heteroatoms. The van der Waals surface area contributed by atoms with Crippen LogP contribution < -0.4 is 5.73 Å². The number of methoxy groups -OCH3 is 1. The van der Waals surface area contributed by atoms with Crippen molar-refractivity contribution in [2.24, 2.45) is 5.73 Å². The molecule has 1 heterocycles. The topological polar surface area (TPSA) is 131 Å². The largest absolute Gasteiger partial charge is 0.462 e. The fourth-order valence-electron chi connectivity index (χ4n) is 1.48. The molecule has 0 aromatic carbocycles. The number of carbonyl (C=O) groups excluding carboxylic acids is 1. The van der Waals surface area contributed by atoms with Crippen LogP contribution in [0.1, 0.15) is 0 Å². The Morgan fingerprint density at radius 1 is 1.29 bits per heavy atom. The number of rotatable bonds is 4. The number of aliphatic hydroxyl groups excluding tert-OH is 3. The van der Waals surface area contributed by atoms with Crippen LogP contribution in [-0.4, -0.2) is 72.3 Å². The molecule has 100 valence electrons. The van der Waals surface area contributed by atoms with Crippen LogP contribution in [0.3, 0.4) is 0 Å². The van der Waals surface area contributed by atoms with Crippen molar-refractivity contribution in [3.8, 4) is 0 Å². The van der Waals surface area contributed by atoms with Gasteiger partial charge in [-0.1, -0.05) is 0 Å². The number of hydrogen-bond donors (Lipinski definition) is 4. The van der Waals surface area contributed by atoms with Crippen LogP contribution in [0, 0.1) is 0 Å². The van der Waals surface area contributed by atoms with E-state index < -0.39 is 36.7 Å². The molecular weight excluding hydrogens is 234 g/mol. The molecule has 0 aromatic rings. The van der Waals surface area contributed by atoms with Gasteiger partial charge in [-0.05, 0) is 0 Å². The molecule has 0 radical (unpaired) electrons. The third kappa shape index (κ3) is 3.35. The summed E-state index contributed by atoms with van der Waals surface area (Å²) in [4.78, 5) is 10.8. The molecule has 1 saturated heterocycles. The van der Waals surface area contributed by atoms with E-state index in [1.54, 1.807) is 0 Å². The molecule has 1 fully saturated rings. The van der Waals surface area contributed by atoms with Gasteiger partial charge < -0.3 is 35.3 Å². The van der Waals surface area contributed by atoms with E-state index in [0.29, 0.717) is 0 Å². The van der Waals surface area contributed by atoms with Gasteiger partial charge in [0, 0.05) is 7.11 Å². The number of carbonyl (C=O) groups is 1. The van der Waals surface area contributed by atoms with Gasteiger partial charge in [-0.25, -0.2) is 0 Å². The van der Waals surface area contributed by atoms with E-state index in [9.17, 15) is 20.1 Å². The first-order chi connectivity index (χ1) is 8.01. The highest BCUT2D eigenvalue weighted by Gasteiger charge is 2.44. The Balaban J connectivity index is 2.56. The molecule has 17 heavy (non-hydrogen) atoms. The highest BCUT2D eigenvalue weighted by atomic mass is 16.7. The third-order valence-electron chi connectivity index (χ3n) is 2.48. The Kier molecular flexibility index (Phi) is 5.25. The van der Waals surface area contributed by atoms with E-state index in [0.717, 1.165) is 0 Å². The number of ether oxygens (including phenoxy) is 3. The summed E-state index contributed by atoms with van der Waals surface area (Å²) in [6.45, 7) is -0.567. The van der Waals surface area contributed by atoms with Gasteiger partial charge in [0.05, 0.1) is 6.54 Å². The minimum absolute atomic E-state index is 0.277. The summed E-state index contributed by atoms with van der Waals surface area (Å²) in [7, 11) is 1.28. The molecule has 8 nitrogen and oxygen atoms in total. The molecule has 1 rings (SSSR count). The molecule has 0 aromatic heterocycles. The summed E-state index contributed by atoms with van der Waals surface area (Å²) in [6, 6.07) is 0. The lowest BCUT2D eigenvalue weighted by Crippen LogP contribution is -2.59. The summed E-state index contributed by atoms with van der Waals surface area (Å²) in [6.07, 6.45) is -6.24. The minimum atomic E-state index is -1.43. The lowest BCUT2D eigenvalue weighted by molar-refractivity contribution is -0.295. The molecule has 0 bridgehead atoms. The average Bonchev–Trinajstić information content (AvgIpc) is 2.34. The quantitative estimate of drug-likeness (QED) is 0.387. The van der Waals surface area contributed by atoms with Crippen molar-refractivity contribution in [2.75, 3.05) is 20.3 Å². The van der Waals surface area contributed by atoms with Crippen LogP contribution >= 0.6 is 0 Å². The number of hydrogen-bond acceptors (Lipinski definition) is 8. The molecule has 0 saturated carbocycles. The summed E-state index contributed by atoms with van der Waals surface area (Å²) in [5, 5.41) is 28.6. The molecule has 5 N–H and O–H groups in total. The second-order valence-electron chi connectivity index (χ2n) is 3.64. The maximum absolute atomic E-state index is 10.8. The maximum Gasteiger partial charge on any atom is 0.319 e. The van der Waals surface area contributed by atoms with Crippen LogP contribution in [0.2, 0.25) is 0 Å². The van der Waals surface area contributed by atoms with Crippen molar-refractivity contribution in [1.82, 2.24) is 0 Å². The van der Waals surface area contributed by atoms with Gasteiger partial charge in [-0.3, -0.25) is 4.79 Å². The van der Waals surface area contributed by atoms with Gasteiger partial charge in [-0.2, -0.15) is 0 Å². The van der Waals surface area contributed by atoms with Gasteiger partial charge in [0.25, 0.3) is 0 Å². The molecule has 0 amide bonds. The smallest absolute Gasteiger partial charge is 0.319 e. The van der Waals surface area contributed by atoms with Crippen molar-refractivity contribution in [3.05, 3.63) is 0 Å². The Morgan fingerprint density at radius 2 is 1.94 bits per heavy atom. The van der Waals surface area contributed by atoms with Crippen LogP contribution in [-0.2, 0) is 19.0 Å². The van der Waals surface area contributed by atoms with E-state index in [1.165, 1.54) is 7.11 Å². The second-order valence-corrected chi connectivity index (χ2v) is 3.64. The molecule has 1 aliphatic heterocycles. The van der Waals surface area contributed by atoms with Crippen molar-refractivity contribution in [3.63, 3.8) is 0 Å². The van der Waals surface area contributed by atoms with E-state index in [1.807, 2.05) is 0 Å². The predicted octanol–water partition coefficient (Wildman–Crippen LogP) is -3.06. The zero-order valence-corrected chi connectivity index (χ0v) is 9.35. The molecular formula is C9H17NO7. The first kappa shape index (κ1) is 14.3. The van der Waals surface area contributed by atoms with Gasteiger partial charge >= 0.3 is 5.97 Å². The predicted molar refractivity (Wildman–Crippen MR) is 53.7 cm³/mol. The summed E-state index contributed by atoms with van der Waals surface area (Å²) >= 11 is 0. The number of esters is 1. The van der Waals surface area contributed by atoms with Crippen LogP contribution in [0.5, 0.6) is 0 Å². The highest BCUT2D eigenvalue weighted by Crippen LogP contribution is 2.21. The van der Waals surface area contributed by atoms with E-state index in [2.05, 4.69) is 4.74 Å². The average molecular weight is 251 g/mol. The molecule has 0 unspecified atom stereocenters. The lowest BCUT2D eigenvalue weighted by Gasteiger charge is -2.39. The van der Waals surface area contributed by atoms with Gasteiger partial charge in [0.15, 0.2) is 6.29 Å². The molecule has 5 atom stereocenters. The van der Waals surface area contributed by atoms with E-state index >= 15 is 0 Å². The fraction of sp³-hybridized carbons (Fsp3) is 0.889. The van der Waals surface area contributed by atoms with Crippen molar-refractivity contribution >= 4 is 5.97 Å². The second kappa shape index (κ2) is 6.24. The Morgan fingerprint density at radius 3 is 2.47 bits per heavy atom. The number of nitrogens with two attached hydrogens (primary N) is 1. The highest BCUT2D eigenvalue weighted by molar-refractivity contribution is 5.71. The van der Waals surface area contributed by atoms with Crippen LogP contribution in [0.25, 0.3) is 0 Å². The zero-order chi connectivity index (χ0) is 13.0. The zero-order valence-electron chi connectivity index (χ0n) is 9.35. The molecule has 0 spiro atoms. The normalized spacial score (nSPS) is 37.8. The van der Waals surface area contributed by atoms with Crippen LogP contribution in [0.15, 0.2) is 0 Å². The van der Waals surface area contributed by atoms with Gasteiger partial charge in [0.2, 0.25) is 0 Å². The Hall–Kier alpha value is -0.770. The minimum Gasteiger partial charge on any atom is -0.462 e. The summed E-state index contributed by atoms with van der Waals surface area (Å²) in [5.74, 6) is -0.657. The Labute approximate surface area is 97.9 Å². The van der Waals surface area contributed by atoms with Gasteiger partial charge in [-0.15, -0.1) is 0 Å². The lowest BCUT2D eigenvalue weighted by atomic mass is 9.99. The fourth-order valence-corrected chi connectivity index (χ4v) is 1.48. The number of aliphatic hydroxyl groups is 3. The molecule has 1 aliphatic rings. The van der Waals surface area contributed by atoms with Crippen molar-refractivity contribution in [1.29, 1.82) is 0 Å². The van der Waals surface area contributed by atoms with Crippen LogP contribution in [0.4, 0.5) is 0 Å². The molecule has 0 aliphatic carbocycles. The third-order valence-corrected chi connectivity index (χ3v) is 2.48. The SMILES string of the molecule is CO[C@H]1O[C@H](COC(=O)CN)[C@@H](O)[C@H](O)[C@H]1O. The van der Waals surface area contributed by atoms with Gasteiger partial charge in [0.1, 0.15) is 31.0 Å². The Bertz CT molecular complexity index is 260. The maximum atomic E-state index is 10.8.